The van der Waals surface area contributed by atoms with Crippen LogP contribution >= 0.6 is 0 Å². The van der Waals surface area contributed by atoms with Gasteiger partial charge in [0.2, 0.25) is 5.95 Å². The zero-order valence-corrected chi connectivity index (χ0v) is 12.2. The Kier molecular flexibility index (Phi) is 4.25. The third kappa shape index (κ3) is 3.36. The number of fused-ring (bicyclic) bond motifs is 1. The highest BCUT2D eigenvalue weighted by Crippen LogP contribution is 2.47. The smallest absolute Gasteiger partial charge is 0.253 e. The Morgan fingerprint density at radius 1 is 1.29 bits per heavy atom. The van der Waals surface area contributed by atoms with E-state index in [4.69, 9.17) is 0 Å². The van der Waals surface area contributed by atoms with Crippen molar-refractivity contribution in [3.8, 4) is 0 Å². The Bertz CT molecular complexity index is 630. The summed E-state index contributed by atoms with van der Waals surface area (Å²) in [5, 5.41) is 3.49. The van der Waals surface area contributed by atoms with Crippen LogP contribution in [-0.2, 0) is 6.54 Å². The lowest BCUT2D eigenvalue weighted by molar-refractivity contribution is -0.142. The first kappa shape index (κ1) is 15.8. The summed E-state index contributed by atoms with van der Waals surface area (Å²) in [7, 11) is 0. The zero-order chi connectivity index (χ0) is 15.8. The van der Waals surface area contributed by atoms with E-state index in [0.717, 1.165) is 12.0 Å². The monoisotopic (exact) mass is 302 g/mol. The molecule has 6 heteroatoms. The van der Waals surface area contributed by atoms with Gasteiger partial charge < -0.3 is 0 Å². The molecule has 1 aromatic heterocycles. The molecule has 0 N–H and O–H groups in total. The van der Waals surface area contributed by atoms with E-state index >= 15 is 0 Å². The topological polar surface area (TPSA) is 17.8 Å². The van der Waals surface area contributed by atoms with Crippen LogP contribution in [-0.4, -0.2) is 16.0 Å². The molecule has 116 valence electrons. The van der Waals surface area contributed by atoms with E-state index in [1.54, 1.807) is 12.1 Å². The summed E-state index contributed by atoms with van der Waals surface area (Å²) in [6.07, 6.45) is -3.38. The lowest BCUT2D eigenvalue weighted by Crippen LogP contribution is -2.18. The number of benzene rings is 1. The molecule has 1 aliphatic rings. The number of nitrogens with zero attached hydrogens (tertiary/aromatic N) is 2. The highest BCUT2D eigenvalue weighted by Gasteiger charge is 2.35. The number of alkyl halides is 3. The van der Waals surface area contributed by atoms with Crippen molar-refractivity contribution < 1.29 is 17.6 Å². The quantitative estimate of drug-likeness (QED) is 0.722. The number of hydrogen-bond acceptors (Lipinski definition) is 1. The maximum Gasteiger partial charge on any atom is 0.408 e. The summed E-state index contributed by atoms with van der Waals surface area (Å²) in [4.78, 5) is 0. The predicted molar refractivity (Wildman–Crippen MR) is 73.6 cm³/mol. The molecule has 2 atom stereocenters. The Morgan fingerprint density at radius 2 is 1.90 bits per heavy atom. The molecule has 21 heavy (non-hydrogen) atoms. The van der Waals surface area contributed by atoms with E-state index < -0.39 is 18.7 Å². The van der Waals surface area contributed by atoms with E-state index in [-0.39, 0.29) is 10.9 Å². The summed E-state index contributed by atoms with van der Waals surface area (Å²) in [5.74, 6) is 0.0672. The Labute approximate surface area is 120 Å². The third-order valence-electron chi connectivity index (χ3n) is 3.60. The van der Waals surface area contributed by atoms with E-state index in [1.807, 2.05) is 13.8 Å². The second kappa shape index (κ2) is 5.66. The summed E-state index contributed by atoms with van der Waals surface area (Å²) in [5.41, 5.74) is 1.18. The highest BCUT2D eigenvalue weighted by atomic mass is 19.4. The molecule has 1 aliphatic carbocycles. The van der Waals surface area contributed by atoms with Crippen LogP contribution in [0.3, 0.4) is 0 Å². The number of hydrogen-bond donors (Lipinski definition) is 0. The largest absolute Gasteiger partial charge is 0.408 e. The lowest BCUT2D eigenvalue weighted by Gasteiger charge is -2.07. The van der Waals surface area contributed by atoms with Gasteiger partial charge >= 0.3 is 6.18 Å². The normalized spacial score (nSPS) is 21.1. The zero-order valence-electron chi connectivity index (χ0n) is 12.2. The average Bonchev–Trinajstić information content (AvgIpc) is 3.07. The number of aromatic nitrogens is 2. The Balaban J connectivity index is 0.000000774. The van der Waals surface area contributed by atoms with Crippen LogP contribution in [0.5, 0.6) is 0 Å². The molecule has 1 aromatic carbocycles. The summed E-state index contributed by atoms with van der Waals surface area (Å²) < 4.78 is 51.5. The summed E-state index contributed by atoms with van der Waals surface area (Å²) >= 11 is 0. The average molecular weight is 302 g/mol. The van der Waals surface area contributed by atoms with Gasteiger partial charge in [-0.1, -0.05) is 26.8 Å². The Morgan fingerprint density at radius 3 is 2.43 bits per heavy atom. The van der Waals surface area contributed by atoms with E-state index in [9.17, 15) is 17.6 Å². The second-order valence-electron chi connectivity index (χ2n) is 5.16. The second-order valence-corrected chi connectivity index (χ2v) is 5.16. The first-order valence-corrected chi connectivity index (χ1v) is 7.08. The van der Waals surface area contributed by atoms with Gasteiger partial charge in [-0.2, -0.15) is 17.6 Å². The van der Waals surface area contributed by atoms with Crippen molar-refractivity contribution in [3.63, 3.8) is 0 Å². The first-order valence-electron chi connectivity index (χ1n) is 7.08. The maximum atomic E-state index is 13.5. The van der Waals surface area contributed by atoms with Crippen LogP contribution in [0.15, 0.2) is 18.2 Å². The summed E-state index contributed by atoms with van der Waals surface area (Å²) in [6, 6.07) is 4.93. The van der Waals surface area contributed by atoms with Crippen LogP contribution < -0.4 is 0 Å². The van der Waals surface area contributed by atoms with Gasteiger partial charge in [0.1, 0.15) is 6.54 Å². The van der Waals surface area contributed by atoms with Crippen molar-refractivity contribution in [1.29, 1.82) is 0 Å². The molecule has 0 radical (unpaired) electrons. The molecule has 2 aromatic rings. The molecular formula is C15H18F4N2. The molecule has 0 saturated heterocycles. The van der Waals surface area contributed by atoms with Crippen molar-refractivity contribution in [2.45, 2.75) is 45.8 Å². The van der Waals surface area contributed by atoms with Crippen LogP contribution in [0.1, 0.15) is 38.7 Å². The van der Waals surface area contributed by atoms with Gasteiger partial charge in [0, 0.05) is 0 Å². The number of halogens is 4. The van der Waals surface area contributed by atoms with Crippen molar-refractivity contribution in [2.75, 3.05) is 0 Å². The third-order valence-corrected chi connectivity index (χ3v) is 3.60. The fourth-order valence-corrected chi connectivity index (χ4v) is 2.46. The molecule has 0 spiro atoms. The van der Waals surface area contributed by atoms with Crippen molar-refractivity contribution in [1.82, 2.24) is 9.78 Å². The standard InChI is InChI=1S/C13H12F4N2.C2H6/c1-7-4-10(7)8-2-3-9-11(5-8)19(18-12(9)14)6-13(15,16)17;1-2/h2-3,5,7,10H,4,6H2,1H3;1-2H3/t7-,10-;/m0./s1. The molecule has 0 aliphatic heterocycles. The van der Waals surface area contributed by atoms with Crippen LogP contribution in [0.4, 0.5) is 17.6 Å². The molecule has 1 saturated carbocycles. The number of rotatable bonds is 2. The van der Waals surface area contributed by atoms with Crippen LogP contribution in [0.2, 0.25) is 0 Å². The van der Waals surface area contributed by atoms with Crippen LogP contribution in [0.25, 0.3) is 10.9 Å². The first-order chi connectivity index (χ1) is 9.85. The maximum absolute atomic E-state index is 13.5. The van der Waals surface area contributed by atoms with Crippen molar-refractivity contribution in [3.05, 3.63) is 29.7 Å². The summed E-state index contributed by atoms with van der Waals surface area (Å²) in [6.45, 7) is 4.82. The minimum atomic E-state index is -4.41. The van der Waals surface area contributed by atoms with Gasteiger partial charge in [-0.05, 0) is 36.0 Å². The van der Waals surface area contributed by atoms with Gasteiger partial charge in [0.25, 0.3) is 0 Å². The fraction of sp³-hybridized carbons (Fsp3) is 0.533. The minimum Gasteiger partial charge on any atom is -0.253 e. The fourth-order valence-electron chi connectivity index (χ4n) is 2.46. The van der Waals surface area contributed by atoms with E-state index in [1.165, 1.54) is 6.07 Å². The highest BCUT2D eigenvalue weighted by molar-refractivity contribution is 5.80. The van der Waals surface area contributed by atoms with Crippen molar-refractivity contribution in [2.24, 2.45) is 5.92 Å². The lowest BCUT2D eigenvalue weighted by atomic mass is 10.1. The molecule has 0 amide bonds. The van der Waals surface area contributed by atoms with Crippen LogP contribution in [0, 0.1) is 11.9 Å². The SMILES string of the molecule is CC.C[C@H]1C[C@@H]1c1ccc2c(F)nn(CC(F)(F)F)c2c1. The minimum absolute atomic E-state index is 0.140. The van der Waals surface area contributed by atoms with E-state index in [2.05, 4.69) is 12.0 Å². The predicted octanol–water partition coefficient (Wildman–Crippen LogP) is 4.89. The van der Waals surface area contributed by atoms with Crippen molar-refractivity contribution >= 4 is 10.9 Å². The van der Waals surface area contributed by atoms with Gasteiger partial charge in [-0.25, -0.2) is 0 Å². The molecule has 0 bridgehead atoms. The van der Waals surface area contributed by atoms with Gasteiger partial charge in [0.15, 0.2) is 0 Å². The molecule has 3 rings (SSSR count). The van der Waals surface area contributed by atoms with E-state index in [0.29, 0.717) is 16.5 Å². The molecule has 0 unspecified atom stereocenters. The van der Waals surface area contributed by atoms with Gasteiger partial charge in [-0.15, -0.1) is 5.10 Å². The molecule has 2 nitrogen and oxygen atoms in total. The molecular weight excluding hydrogens is 284 g/mol. The molecule has 1 fully saturated rings. The Hall–Kier alpha value is -1.59. The van der Waals surface area contributed by atoms with Gasteiger partial charge in [-0.3, -0.25) is 4.68 Å². The van der Waals surface area contributed by atoms with Gasteiger partial charge in [0.05, 0.1) is 10.9 Å². The molecule has 1 heterocycles.